The summed E-state index contributed by atoms with van der Waals surface area (Å²) in [6.07, 6.45) is 3.20. The molecule has 0 radical (unpaired) electrons. The summed E-state index contributed by atoms with van der Waals surface area (Å²) in [5.41, 5.74) is 2.10. The van der Waals surface area contributed by atoms with Gasteiger partial charge in [0.25, 0.3) is 5.56 Å². The smallest absolute Gasteiger partial charge is 0.272 e. The highest BCUT2D eigenvalue weighted by atomic mass is 16.1. The van der Waals surface area contributed by atoms with Gasteiger partial charge in [0, 0.05) is 18.1 Å². The van der Waals surface area contributed by atoms with Gasteiger partial charge in [-0.15, -0.1) is 0 Å². The van der Waals surface area contributed by atoms with Gasteiger partial charge in [0.2, 0.25) is 0 Å². The molecule has 0 amide bonds. The van der Waals surface area contributed by atoms with Gasteiger partial charge in [0.15, 0.2) is 5.82 Å². The second-order valence-electron chi connectivity index (χ2n) is 3.52. The number of hydrogen-bond acceptors (Lipinski definition) is 3. The van der Waals surface area contributed by atoms with Gasteiger partial charge in [-0.1, -0.05) is 6.07 Å². The molecule has 2 N–H and O–H groups in total. The second kappa shape index (κ2) is 4.14. The number of aromatic amines is 2. The van der Waals surface area contributed by atoms with Gasteiger partial charge < -0.3 is 5.10 Å². The van der Waals surface area contributed by atoms with Crippen molar-refractivity contribution in [3.8, 4) is 0 Å². The molecule has 0 fully saturated rings. The van der Waals surface area contributed by atoms with Gasteiger partial charge in [-0.3, -0.25) is 9.89 Å². The lowest BCUT2D eigenvalue weighted by atomic mass is 10.3. The molecule has 0 unspecified atom stereocenters. The Balaban J connectivity index is 2.36. The third kappa shape index (κ3) is 1.93. The fourth-order valence-corrected chi connectivity index (χ4v) is 1.35. The highest BCUT2D eigenvalue weighted by Gasteiger charge is 2.02. The standard InChI is InChI=1S/C11H12N4O/c1-7-4-3-5-12-10(7)13-6-9-8(2)14-15-11(9)16/h3-6H,1-2H3,(H2,14,15,16)/b13-6+. The topological polar surface area (TPSA) is 73.9 Å². The summed E-state index contributed by atoms with van der Waals surface area (Å²) in [5, 5.41) is 5.23. The summed E-state index contributed by atoms with van der Waals surface area (Å²) in [6, 6.07) is 3.77. The maximum absolute atomic E-state index is 11.3. The van der Waals surface area contributed by atoms with Gasteiger partial charge in [-0.25, -0.2) is 9.98 Å². The van der Waals surface area contributed by atoms with E-state index in [0.29, 0.717) is 11.4 Å². The monoisotopic (exact) mass is 216 g/mol. The first-order valence-electron chi connectivity index (χ1n) is 4.91. The van der Waals surface area contributed by atoms with Crippen molar-refractivity contribution in [2.45, 2.75) is 13.8 Å². The summed E-state index contributed by atoms with van der Waals surface area (Å²) >= 11 is 0. The molecule has 0 spiro atoms. The van der Waals surface area contributed by atoms with Crippen LogP contribution in [0.3, 0.4) is 0 Å². The van der Waals surface area contributed by atoms with E-state index >= 15 is 0 Å². The number of aliphatic imine (C=N–C) groups is 1. The van der Waals surface area contributed by atoms with E-state index in [0.717, 1.165) is 11.3 Å². The molecule has 2 aromatic heterocycles. The minimum atomic E-state index is -0.171. The van der Waals surface area contributed by atoms with Gasteiger partial charge >= 0.3 is 0 Å². The lowest BCUT2D eigenvalue weighted by molar-refractivity contribution is 1.02. The van der Waals surface area contributed by atoms with Crippen molar-refractivity contribution < 1.29 is 0 Å². The molecule has 2 aromatic rings. The lowest BCUT2D eigenvalue weighted by Crippen LogP contribution is -2.05. The van der Waals surface area contributed by atoms with Crippen molar-refractivity contribution in [3.05, 3.63) is 45.5 Å². The highest BCUT2D eigenvalue weighted by Crippen LogP contribution is 2.12. The van der Waals surface area contributed by atoms with Crippen molar-refractivity contribution in [1.82, 2.24) is 15.2 Å². The number of H-pyrrole nitrogens is 2. The molecule has 5 nitrogen and oxygen atoms in total. The molecule has 5 heteroatoms. The van der Waals surface area contributed by atoms with Crippen LogP contribution < -0.4 is 5.56 Å². The van der Waals surface area contributed by atoms with E-state index in [1.165, 1.54) is 6.21 Å². The first-order chi connectivity index (χ1) is 7.68. The Kier molecular flexibility index (Phi) is 2.68. The first kappa shape index (κ1) is 10.4. The van der Waals surface area contributed by atoms with Crippen LogP contribution in [0.4, 0.5) is 5.82 Å². The number of nitrogens with zero attached hydrogens (tertiary/aromatic N) is 2. The van der Waals surface area contributed by atoms with Gasteiger partial charge in [-0.05, 0) is 25.5 Å². The quantitative estimate of drug-likeness (QED) is 0.746. The molecule has 2 rings (SSSR count). The van der Waals surface area contributed by atoms with E-state index < -0.39 is 0 Å². The predicted molar refractivity (Wildman–Crippen MR) is 62.4 cm³/mol. The summed E-state index contributed by atoms with van der Waals surface area (Å²) in [7, 11) is 0. The van der Waals surface area contributed by atoms with Crippen LogP contribution >= 0.6 is 0 Å². The van der Waals surface area contributed by atoms with Crippen molar-refractivity contribution >= 4 is 12.0 Å². The van der Waals surface area contributed by atoms with Crippen LogP contribution in [0.25, 0.3) is 0 Å². The third-order valence-corrected chi connectivity index (χ3v) is 2.31. The van der Waals surface area contributed by atoms with E-state index in [9.17, 15) is 4.79 Å². The molecule has 0 saturated carbocycles. The average Bonchev–Trinajstić information content (AvgIpc) is 2.58. The zero-order valence-corrected chi connectivity index (χ0v) is 9.11. The Hall–Kier alpha value is -2.17. The normalized spacial score (nSPS) is 11.1. The number of nitrogens with one attached hydrogen (secondary N) is 2. The number of pyridine rings is 1. The zero-order chi connectivity index (χ0) is 11.5. The van der Waals surface area contributed by atoms with Crippen molar-refractivity contribution in [2.24, 2.45) is 4.99 Å². The van der Waals surface area contributed by atoms with Crippen LogP contribution in [0.1, 0.15) is 16.8 Å². The molecular weight excluding hydrogens is 204 g/mol. The molecule has 0 atom stereocenters. The Bertz CT molecular complexity index is 580. The Labute approximate surface area is 92.3 Å². The molecule has 0 aliphatic carbocycles. The number of aromatic nitrogens is 3. The Morgan fingerprint density at radius 1 is 1.38 bits per heavy atom. The molecule has 0 saturated heterocycles. The lowest BCUT2D eigenvalue weighted by Gasteiger charge is -1.95. The highest BCUT2D eigenvalue weighted by molar-refractivity contribution is 5.82. The number of hydrogen-bond donors (Lipinski definition) is 2. The molecule has 0 aromatic carbocycles. The maximum Gasteiger partial charge on any atom is 0.272 e. The fourth-order valence-electron chi connectivity index (χ4n) is 1.35. The van der Waals surface area contributed by atoms with Crippen molar-refractivity contribution in [1.29, 1.82) is 0 Å². The molecule has 16 heavy (non-hydrogen) atoms. The maximum atomic E-state index is 11.3. The largest absolute Gasteiger partial charge is 0.302 e. The van der Waals surface area contributed by atoms with Crippen LogP contribution in [-0.2, 0) is 0 Å². The number of rotatable bonds is 2. The van der Waals surface area contributed by atoms with Gasteiger partial charge in [0.05, 0.1) is 5.56 Å². The van der Waals surface area contributed by atoms with E-state index in [4.69, 9.17) is 0 Å². The van der Waals surface area contributed by atoms with E-state index in [2.05, 4.69) is 20.2 Å². The number of aryl methyl sites for hydroxylation is 2. The van der Waals surface area contributed by atoms with Crippen LogP contribution in [0.5, 0.6) is 0 Å². The molecule has 0 aliphatic rings. The first-order valence-corrected chi connectivity index (χ1v) is 4.91. The van der Waals surface area contributed by atoms with Crippen LogP contribution in [0.2, 0.25) is 0 Å². The van der Waals surface area contributed by atoms with Gasteiger partial charge in [0.1, 0.15) is 0 Å². The van der Waals surface area contributed by atoms with E-state index in [-0.39, 0.29) is 5.56 Å². The van der Waals surface area contributed by atoms with Gasteiger partial charge in [-0.2, -0.15) is 0 Å². The minimum Gasteiger partial charge on any atom is -0.302 e. The molecule has 0 aliphatic heterocycles. The van der Waals surface area contributed by atoms with Crippen LogP contribution in [0, 0.1) is 13.8 Å². The zero-order valence-electron chi connectivity index (χ0n) is 9.11. The Morgan fingerprint density at radius 3 is 2.81 bits per heavy atom. The van der Waals surface area contributed by atoms with Crippen LogP contribution in [-0.4, -0.2) is 21.4 Å². The summed E-state index contributed by atoms with van der Waals surface area (Å²) in [5.74, 6) is 0.627. The molecule has 0 bridgehead atoms. The van der Waals surface area contributed by atoms with Crippen LogP contribution in [0.15, 0.2) is 28.1 Å². The molecule has 2 heterocycles. The van der Waals surface area contributed by atoms with Crippen molar-refractivity contribution in [2.75, 3.05) is 0 Å². The second-order valence-corrected chi connectivity index (χ2v) is 3.52. The predicted octanol–water partition coefficient (Wildman–Crippen LogP) is 1.47. The SMILES string of the molecule is Cc1cccnc1/N=C/c1c(C)[nH][nH]c1=O. The Morgan fingerprint density at radius 2 is 2.19 bits per heavy atom. The average molecular weight is 216 g/mol. The van der Waals surface area contributed by atoms with E-state index in [1.54, 1.807) is 6.20 Å². The summed E-state index contributed by atoms with van der Waals surface area (Å²) < 4.78 is 0. The summed E-state index contributed by atoms with van der Waals surface area (Å²) in [6.45, 7) is 3.73. The third-order valence-electron chi connectivity index (χ3n) is 2.31. The van der Waals surface area contributed by atoms with Crippen molar-refractivity contribution in [3.63, 3.8) is 0 Å². The van der Waals surface area contributed by atoms with E-state index in [1.807, 2.05) is 26.0 Å². The molecule has 82 valence electrons. The minimum absolute atomic E-state index is 0.171. The summed E-state index contributed by atoms with van der Waals surface area (Å²) in [4.78, 5) is 19.7. The molecular formula is C11H12N4O. The fraction of sp³-hybridized carbons (Fsp3) is 0.182.